The second-order valence-corrected chi connectivity index (χ2v) is 5.05. The average Bonchev–Trinajstić information content (AvgIpc) is 2.46. The molecule has 1 atom stereocenters. The Labute approximate surface area is 121 Å². The highest BCUT2D eigenvalue weighted by Crippen LogP contribution is 2.29. The number of hydrogen-bond acceptors (Lipinski definition) is 2. The third-order valence-electron chi connectivity index (χ3n) is 3.33. The van der Waals surface area contributed by atoms with E-state index in [0.29, 0.717) is 6.42 Å². The molecular formula is C16H17F3N2. The van der Waals surface area contributed by atoms with Crippen LogP contribution in [0, 0.1) is 0 Å². The molecule has 0 bridgehead atoms. The molecule has 2 N–H and O–H groups in total. The summed E-state index contributed by atoms with van der Waals surface area (Å²) in [6, 6.07) is 8.99. The standard InChI is InChI=1S/C16H17F3N2/c17-16(18,19)14-4-1-13(2-5-14)11-15(20)6-3-12-7-9-21-10-8-12/h1-2,4-5,7-10,15H,3,6,11,20H2. The van der Waals surface area contributed by atoms with E-state index in [1.165, 1.54) is 12.1 Å². The molecule has 0 aliphatic carbocycles. The normalized spacial score (nSPS) is 13.1. The van der Waals surface area contributed by atoms with E-state index in [1.807, 2.05) is 12.1 Å². The smallest absolute Gasteiger partial charge is 0.327 e. The average molecular weight is 294 g/mol. The van der Waals surface area contributed by atoms with Gasteiger partial charge in [0.25, 0.3) is 0 Å². The minimum absolute atomic E-state index is 0.0742. The Bertz CT molecular complexity index is 550. The molecule has 0 amide bonds. The second-order valence-electron chi connectivity index (χ2n) is 5.05. The molecule has 0 fully saturated rings. The highest BCUT2D eigenvalue weighted by molar-refractivity contribution is 5.25. The molecule has 2 rings (SSSR count). The monoisotopic (exact) mass is 294 g/mol. The number of aromatic nitrogens is 1. The van der Waals surface area contributed by atoms with Gasteiger partial charge in [-0.15, -0.1) is 0 Å². The molecule has 0 saturated carbocycles. The van der Waals surface area contributed by atoms with Crippen molar-refractivity contribution in [1.29, 1.82) is 0 Å². The van der Waals surface area contributed by atoms with Gasteiger partial charge in [0.2, 0.25) is 0 Å². The number of hydrogen-bond donors (Lipinski definition) is 1. The number of halogens is 3. The van der Waals surface area contributed by atoms with Gasteiger partial charge in [-0.05, 0) is 54.7 Å². The zero-order valence-electron chi connectivity index (χ0n) is 11.5. The van der Waals surface area contributed by atoms with Gasteiger partial charge >= 0.3 is 6.18 Å². The SMILES string of the molecule is NC(CCc1ccncc1)Cc1ccc(C(F)(F)F)cc1. The summed E-state index contributed by atoms with van der Waals surface area (Å²) in [5.41, 5.74) is 7.40. The number of rotatable bonds is 5. The van der Waals surface area contributed by atoms with E-state index in [0.717, 1.165) is 36.1 Å². The van der Waals surface area contributed by atoms with E-state index in [1.54, 1.807) is 12.4 Å². The predicted octanol–water partition coefficient (Wildman–Crippen LogP) is 3.60. The van der Waals surface area contributed by atoms with Gasteiger partial charge in [-0.25, -0.2) is 0 Å². The fraction of sp³-hybridized carbons (Fsp3) is 0.312. The Morgan fingerprint density at radius 3 is 2.14 bits per heavy atom. The lowest BCUT2D eigenvalue weighted by Crippen LogP contribution is -2.23. The Morgan fingerprint density at radius 1 is 0.952 bits per heavy atom. The third-order valence-corrected chi connectivity index (χ3v) is 3.33. The maximum absolute atomic E-state index is 12.5. The number of nitrogens with two attached hydrogens (primary N) is 1. The molecule has 5 heteroatoms. The van der Waals surface area contributed by atoms with Crippen LogP contribution in [0.4, 0.5) is 13.2 Å². The molecule has 0 saturated heterocycles. The van der Waals surface area contributed by atoms with Crippen LogP contribution in [0.25, 0.3) is 0 Å². The molecule has 0 aliphatic heterocycles. The Morgan fingerprint density at radius 2 is 1.57 bits per heavy atom. The number of benzene rings is 1. The first-order valence-electron chi connectivity index (χ1n) is 6.76. The van der Waals surface area contributed by atoms with Crippen molar-refractivity contribution < 1.29 is 13.2 Å². The minimum Gasteiger partial charge on any atom is -0.327 e. The van der Waals surface area contributed by atoms with Crippen LogP contribution in [0.15, 0.2) is 48.8 Å². The number of aryl methyl sites for hydroxylation is 1. The van der Waals surface area contributed by atoms with Gasteiger partial charge in [0.15, 0.2) is 0 Å². The predicted molar refractivity (Wildman–Crippen MR) is 75.7 cm³/mol. The van der Waals surface area contributed by atoms with Crippen LogP contribution < -0.4 is 5.73 Å². The highest BCUT2D eigenvalue weighted by atomic mass is 19.4. The van der Waals surface area contributed by atoms with Gasteiger partial charge in [-0.2, -0.15) is 13.2 Å². The van der Waals surface area contributed by atoms with Gasteiger partial charge < -0.3 is 5.73 Å². The minimum atomic E-state index is -4.29. The number of pyridine rings is 1. The number of alkyl halides is 3. The van der Waals surface area contributed by atoms with E-state index in [-0.39, 0.29) is 6.04 Å². The van der Waals surface area contributed by atoms with Crippen molar-refractivity contribution >= 4 is 0 Å². The molecule has 1 aromatic heterocycles. The molecule has 0 aliphatic rings. The second kappa shape index (κ2) is 6.72. The summed E-state index contributed by atoms with van der Waals surface area (Å²) in [6.07, 6.45) is 1.37. The lowest BCUT2D eigenvalue weighted by Gasteiger charge is -2.12. The molecule has 2 aromatic rings. The lowest BCUT2D eigenvalue weighted by atomic mass is 9.99. The van der Waals surface area contributed by atoms with Crippen LogP contribution in [0.3, 0.4) is 0 Å². The van der Waals surface area contributed by atoms with Crippen molar-refractivity contribution in [3.05, 3.63) is 65.5 Å². The summed E-state index contributed by atoms with van der Waals surface area (Å²) in [5.74, 6) is 0. The van der Waals surface area contributed by atoms with Crippen molar-refractivity contribution in [3.63, 3.8) is 0 Å². The van der Waals surface area contributed by atoms with Crippen molar-refractivity contribution in [2.24, 2.45) is 5.73 Å². The molecule has 1 aromatic carbocycles. The highest BCUT2D eigenvalue weighted by Gasteiger charge is 2.29. The molecule has 0 radical (unpaired) electrons. The fourth-order valence-electron chi connectivity index (χ4n) is 2.14. The molecule has 2 nitrogen and oxygen atoms in total. The van der Waals surface area contributed by atoms with Gasteiger partial charge in [0.1, 0.15) is 0 Å². The summed E-state index contributed by atoms with van der Waals surface area (Å²) in [5, 5.41) is 0. The van der Waals surface area contributed by atoms with Crippen LogP contribution in [0.2, 0.25) is 0 Å². The van der Waals surface area contributed by atoms with Gasteiger partial charge in [-0.1, -0.05) is 12.1 Å². The zero-order chi connectivity index (χ0) is 15.3. The van der Waals surface area contributed by atoms with Gasteiger partial charge in [0, 0.05) is 18.4 Å². The van der Waals surface area contributed by atoms with E-state index < -0.39 is 11.7 Å². The van der Waals surface area contributed by atoms with Crippen molar-refractivity contribution in [2.45, 2.75) is 31.5 Å². The van der Waals surface area contributed by atoms with Crippen molar-refractivity contribution in [2.75, 3.05) is 0 Å². The maximum atomic E-state index is 12.5. The summed E-state index contributed by atoms with van der Waals surface area (Å²) < 4.78 is 37.4. The summed E-state index contributed by atoms with van der Waals surface area (Å²) in [7, 11) is 0. The molecule has 1 unspecified atom stereocenters. The van der Waals surface area contributed by atoms with E-state index in [2.05, 4.69) is 4.98 Å². The molecular weight excluding hydrogens is 277 g/mol. The van der Waals surface area contributed by atoms with E-state index in [4.69, 9.17) is 5.73 Å². The van der Waals surface area contributed by atoms with Crippen molar-refractivity contribution in [1.82, 2.24) is 4.98 Å². The van der Waals surface area contributed by atoms with Crippen LogP contribution in [0.1, 0.15) is 23.1 Å². The molecule has 21 heavy (non-hydrogen) atoms. The summed E-state index contributed by atoms with van der Waals surface area (Å²) >= 11 is 0. The number of nitrogens with zero attached hydrogens (tertiary/aromatic N) is 1. The first kappa shape index (κ1) is 15.5. The van der Waals surface area contributed by atoms with E-state index >= 15 is 0 Å². The first-order valence-corrected chi connectivity index (χ1v) is 6.76. The first-order chi connectivity index (χ1) is 9.95. The summed E-state index contributed by atoms with van der Waals surface area (Å²) in [6.45, 7) is 0. The largest absolute Gasteiger partial charge is 0.416 e. The Kier molecular flexibility index (Phi) is 4.96. The zero-order valence-corrected chi connectivity index (χ0v) is 11.5. The quantitative estimate of drug-likeness (QED) is 0.915. The van der Waals surface area contributed by atoms with Crippen LogP contribution in [-0.4, -0.2) is 11.0 Å². The topological polar surface area (TPSA) is 38.9 Å². The molecule has 1 heterocycles. The van der Waals surface area contributed by atoms with E-state index in [9.17, 15) is 13.2 Å². The maximum Gasteiger partial charge on any atom is 0.416 e. The Hall–Kier alpha value is -1.88. The van der Waals surface area contributed by atoms with Crippen LogP contribution >= 0.6 is 0 Å². The Balaban J connectivity index is 1.86. The lowest BCUT2D eigenvalue weighted by molar-refractivity contribution is -0.137. The summed E-state index contributed by atoms with van der Waals surface area (Å²) in [4.78, 5) is 3.95. The van der Waals surface area contributed by atoms with Crippen LogP contribution in [0.5, 0.6) is 0 Å². The third kappa shape index (κ3) is 4.86. The molecule has 112 valence electrons. The van der Waals surface area contributed by atoms with Gasteiger partial charge in [0.05, 0.1) is 5.56 Å². The molecule has 0 spiro atoms. The fourth-order valence-corrected chi connectivity index (χ4v) is 2.14. The van der Waals surface area contributed by atoms with Crippen molar-refractivity contribution in [3.8, 4) is 0 Å². The van der Waals surface area contributed by atoms with Crippen LogP contribution in [-0.2, 0) is 19.0 Å². The van der Waals surface area contributed by atoms with Gasteiger partial charge in [-0.3, -0.25) is 4.98 Å².